The van der Waals surface area contributed by atoms with Crippen LogP contribution in [0.25, 0.3) is 0 Å². The Labute approximate surface area is 202 Å². The topological polar surface area (TPSA) is 70.7 Å². The molecular formula is C26H30F3N3O3. The van der Waals surface area contributed by atoms with Crippen LogP contribution in [-0.2, 0) is 11.0 Å². The van der Waals surface area contributed by atoms with Gasteiger partial charge in [0.05, 0.1) is 30.8 Å². The zero-order chi connectivity index (χ0) is 25.0. The van der Waals surface area contributed by atoms with E-state index in [9.17, 15) is 22.8 Å². The molecule has 2 fully saturated rings. The number of alkyl halides is 3. The van der Waals surface area contributed by atoms with Crippen molar-refractivity contribution < 1.29 is 27.5 Å². The van der Waals surface area contributed by atoms with Crippen LogP contribution in [0, 0.1) is 0 Å². The Morgan fingerprint density at radius 2 is 1.71 bits per heavy atom. The summed E-state index contributed by atoms with van der Waals surface area (Å²) in [6, 6.07) is 13.8. The average Bonchev–Trinajstić information content (AvgIpc) is 2.84. The summed E-state index contributed by atoms with van der Waals surface area (Å²) in [7, 11) is 1.27. The second kappa shape index (κ2) is 10.7. The van der Waals surface area contributed by atoms with Crippen LogP contribution in [0.15, 0.2) is 48.5 Å². The number of nitrogens with zero attached hydrogens (tertiary/aromatic N) is 1. The third kappa shape index (κ3) is 6.14. The van der Waals surface area contributed by atoms with E-state index in [2.05, 4.69) is 39.8 Å². The predicted octanol–water partition coefficient (Wildman–Crippen LogP) is 3.97. The molecule has 1 saturated heterocycles. The average molecular weight is 490 g/mol. The monoisotopic (exact) mass is 489 g/mol. The molecule has 1 aliphatic heterocycles. The molecule has 2 N–H and O–H groups in total. The highest BCUT2D eigenvalue weighted by atomic mass is 19.4. The molecular weight excluding hydrogens is 459 g/mol. The Hall–Kier alpha value is -3.07. The van der Waals surface area contributed by atoms with Crippen molar-refractivity contribution in [2.24, 2.45) is 0 Å². The Kier molecular flexibility index (Phi) is 7.64. The fourth-order valence-electron chi connectivity index (χ4n) is 5.00. The van der Waals surface area contributed by atoms with Gasteiger partial charge in [-0.2, -0.15) is 13.2 Å². The number of methoxy groups -OCH3 is 1. The quantitative estimate of drug-likeness (QED) is 0.618. The van der Waals surface area contributed by atoms with Gasteiger partial charge in [0.1, 0.15) is 5.75 Å². The zero-order valence-corrected chi connectivity index (χ0v) is 19.6. The highest BCUT2D eigenvalue weighted by Crippen LogP contribution is 2.36. The number of ether oxygens (including phenoxy) is 1. The maximum absolute atomic E-state index is 13.0. The maximum atomic E-state index is 13.0. The molecule has 2 aromatic rings. The van der Waals surface area contributed by atoms with Gasteiger partial charge >= 0.3 is 6.18 Å². The van der Waals surface area contributed by atoms with E-state index >= 15 is 0 Å². The molecule has 0 radical (unpaired) electrons. The highest BCUT2D eigenvalue weighted by molar-refractivity contribution is 5.99. The number of rotatable bonds is 7. The molecule has 9 heteroatoms. The van der Waals surface area contributed by atoms with Gasteiger partial charge in [0.25, 0.3) is 5.91 Å². The summed E-state index contributed by atoms with van der Waals surface area (Å²) < 4.78 is 44.0. The molecule has 0 unspecified atom stereocenters. The minimum absolute atomic E-state index is 0.00697. The van der Waals surface area contributed by atoms with E-state index < -0.39 is 17.6 Å². The second-order valence-corrected chi connectivity index (χ2v) is 9.23. The number of amides is 2. The van der Waals surface area contributed by atoms with Gasteiger partial charge in [-0.05, 0) is 55.4 Å². The molecule has 0 atom stereocenters. The first-order valence-electron chi connectivity index (χ1n) is 11.9. The van der Waals surface area contributed by atoms with E-state index in [1.165, 1.54) is 12.7 Å². The zero-order valence-electron chi connectivity index (χ0n) is 19.6. The number of likely N-dealkylation sites (tertiary alicyclic amines) is 1. The van der Waals surface area contributed by atoms with Crippen LogP contribution in [0.3, 0.4) is 0 Å². The summed E-state index contributed by atoms with van der Waals surface area (Å²) in [4.78, 5) is 27.1. The lowest BCUT2D eigenvalue weighted by Gasteiger charge is -2.46. The minimum Gasteiger partial charge on any atom is -0.496 e. The number of nitrogens with one attached hydrogen (secondary N) is 2. The van der Waals surface area contributed by atoms with Crippen LogP contribution >= 0.6 is 0 Å². The molecule has 35 heavy (non-hydrogen) atoms. The predicted molar refractivity (Wildman–Crippen MR) is 125 cm³/mol. The third-order valence-electron chi connectivity index (χ3n) is 6.94. The van der Waals surface area contributed by atoms with Crippen molar-refractivity contribution in [3.63, 3.8) is 0 Å². The SMILES string of the molecule is COc1ccc(C(F)(F)F)cc1C(=O)NCC(=O)NC1CN([C@H]2CC[C@@H](c3ccccc3)CC2)C1. The molecule has 2 aromatic carbocycles. The van der Waals surface area contributed by atoms with Gasteiger partial charge in [-0.15, -0.1) is 0 Å². The van der Waals surface area contributed by atoms with Crippen molar-refractivity contribution in [3.8, 4) is 5.75 Å². The highest BCUT2D eigenvalue weighted by Gasteiger charge is 2.35. The number of hydrogen-bond acceptors (Lipinski definition) is 4. The number of carbonyl (C=O) groups is 2. The molecule has 2 aliphatic rings. The van der Waals surface area contributed by atoms with Gasteiger partial charge in [-0.25, -0.2) is 0 Å². The second-order valence-electron chi connectivity index (χ2n) is 9.23. The van der Waals surface area contributed by atoms with Crippen LogP contribution in [0.4, 0.5) is 13.2 Å². The third-order valence-corrected chi connectivity index (χ3v) is 6.94. The van der Waals surface area contributed by atoms with E-state index in [0.717, 1.165) is 57.0 Å². The maximum Gasteiger partial charge on any atom is 0.416 e. The molecule has 0 spiro atoms. The molecule has 1 heterocycles. The van der Waals surface area contributed by atoms with E-state index in [-0.39, 0.29) is 29.8 Å². The standard InChI is InChI=1S/C26H30F3N3O3/c1-35-23-12-9-19(26(27,28)29)13-22(23)25(34)30-14-24(33)31-20-15-32(16-20)21-10-7-18(8-11-21)17-5-3-2-4-6-17/h2-6,9,12-13,18,20-21H,7-8,10-11,14-16H2,1H3,(H,30,34)(H,31,33)/t18-,21+. The van der Waals surface area contributed by atoms with E-state index in [0.29, 0.717) is 12.0 Å². The van der Waals surface area contributed by atoms with Crippen molar-refractivity contribution >= 4 is 11.8 Å². The van der Waals surface area contributed by atoms with Gasteiger partial charge < -0.3 is 15.4 Å². The fraction of sp³-hybridized carbons (Fsp3) is 0.462. The minimum atomic E-state index is -4.59. The number of benzene rings is 2. The van der Waals surface area contributed by atoms with Crippen molar-refractivity contribution in [1.82, 2.24) is 15.5 Å². The van der Waals surface area contributed by atoms with Crippen molar-refractivity contribution in [2.45, 2.75) is 49.9 Å². The Morgan fingerprint density at radius 1 is 1.03 bits per heavy atom. The van der Waals surface area contributed by atoms with Crippen LogP contribution in [0.2, 0.25) is 0 Å². The molecule has 0 bridgehead atoms. The molecule has 0 aromatic heterocycles. The molecule has 2 amide bonds. The fourth-order valence-corrected chi connectivity index (χ4v) is 5.00. The first-order valence-corrected chi connectivity index (χ1v) is 11.9. The Balaban J connectivity index is 1.19. The lowest BCUT2D eigenvalue weighted by molar-refractivity contribution is -0.137. The Morgan fingerprint density at radius 3 is 2.34 bits per heavy atom. The number of carbonyl (C=O) groups excluding carboxylic acids is 2. The van der Waals surface area contributed by atoms with Gasteiger partial charge in [-0.1, -0.05) is 30.3 Å². The van der Waals surface area contributed by atoms with Crippen LogP contribution in [0.5, 0.6) is 5.75 Å². The summed E-state index contributed by atoms with van der Waals surface area (Å²) >= 11 is 0. The first kappa shape index (κ1) is 25.0. The summed E-state index contributed by atoms with van der Waals surface area (Å²) in [5.41, 5.74) is 0.181. The number of hydrogen-bond donors (Lipinski definition) is 2. The van der Waals surface area contributed by atoms with E-state index in [4.69, 9.17) is 4.74 Å². The molecule has 1 saturated carbocycles. The van der Waals surface area contributed by atoms with E-state index in [1.54, 1.807) is 0 Å². The lowest BCUT2D eigenvalue weighted by Crippen LogP contribution is -2.63. The largest absolute Gasteiger partial charge is 0.496 e. The van der Waals surface area contributed by atoms with Gasteiger partial charge in [0.2, 0.25) is 5.91 Å². The van der Waals surface area contributed by atoms with Gasteiger partial charge in [0.15, 0.2) is 0 Å². The summed E-state index contributed by atoms with van der Waals surface area (Å²) in [5, 5.41) is 5.27. The van der Waals surface area contributed by atoms with Gasteiger partial charge in [0, 0.05) is 19.1 Å². The van der Waals surface area contributed by atoms with Crippen molar-refractivity contribution in [1.29, 1.82) is 0 Å². The summed E-state index contributed by atoms with van der Waals surface area (Å²) in [6.45, 7) is 1.21. The van der Waals surface area contributed by atoms with Crippen LogP contribution < -0.4 is 15.4 Å². The van der Waals surface area contributed by atoms with Gasteiger partial charge in [-0.3, -0.25) is 14.5 Å². The molecule has 1 aliphatic carbocycles. The Bertz CT molecular complexity index is 1030. The van der Waals surface area contributed by atoms with E-state index in [1.807, 2.05) is 6.07 Å². The molecule has 188 valence electrons. The first-order chi connectivity index (χ1) is 16.7. The normalized spacial score (nSPS) is 21.1. The van der Waals surface area contributed by atoms with Crippen molar-refractivity contribution in [2.75, 3.05) is 26.7 Å². The summed E-state index contributed by atoms with van der Waals surface area (Å²) in [5.74, 6) is -0.550. The van der Waals surface area contributed by atoms with Crippen LogP contribution in [0.1, 0.15) is 53.1 Å². The smallest absolute Gasteiger partial charge is 0.416 e. The van der Waals surface area contributed by atoms with Crippen LogP contribution in [-0.4, -0.2) is 55.5 Å². The summed E-state index contributed by atoms with van der Waals surface area (Å²) in [6.07, 6.45) is 0.000255. The molecule has 6 nitrogen and oxygen atoms in total. The number of halogens is 3. The molecule has 4 rings (SSSR count). The lowest BCUT2D eigenvalue weighted by atomic mass is 9.80. The van der Waals surface area contributed by atoms with Crippen molar-refractivity contribution in [3.05, 3.63) is 65.2 Å².